The van der Waals surface area contributed by atoms with Gasteiger partial charge < -0.3 is 9.47 Å². The van der Waals surface area contributed by atoms with Crippen molar-refractivity contribution in [2.75, 3.05) is 13.2 Å². The van der Waals surface area contributed by atoms with Gasteiger partial charge in [0.25, 0.3) is 0 Å². The van der Waals surface area contributed by atoms with Crippen LogP contribution in [0.2, 0.25) is 0 Å². The number of carbonyl (C=O) groups excluding carboxylic acids is 2. The van der Waals surface area contributed by atoms with Crippen LogP contribution < -0.4 is 0 Å². The summed E-state index contributed by atoms with van der Waals surface area (Å²) in [5.74, 6) is -0.203. The molecule has 0 rings (SSSR count). The van der Waals surface area contributed by atoms with E-state index >= 15 is 0 Å². The van der Waals surface area contributed by atoms with E-state index in [0.29, 0.717) is 13.0 Å². The largest absolute Gasteiger partial charge is 0.463 e. The Labute approximate surface area is 142 Å². The fourth-order valence-corrected chi connectivity index (χ4v) is 2.57. The van der Waals surface area contributed by atoms with E-state index in [1.54, 1.807) is 0 Å². The Hall–Kier alpha value is -0.900. The highest BCUT2D eigenvalue weighted by Gasteiger charge is 2.29. The molecule has 0 aromatic rings. The molecule has 0 amide bonds. The third kappa shape index (κ3) is 11.3. The molecule has 4 nitrogen and oxygen atoms in total. The van der Waals surface area contributed by atoms with Crippen molar-refractivity contribution in [3.8, 4) is 0 Å². The van der Waals surface area contributed by atoms with Gasteiger partial charge in [0.15, 0.2) is 0 Å². The van der Waals surface area contributed by atoms with E-state index in [0.717, 1.165) is 51.4 Å². The molecule has 0 aromatic carbocycles. The second-order valence-electron chi connectivity index (χ2n) is 6.24. The topological polar surface area (TPSA) is 52.6 Å². The van der Waals surface area contributed by atoms with Gasteiger partial charge in [-0.2, -0.15) is 0 Å². The summed E-state index contributed by atoms with van der Waals surface area (Å²) in [6.45, 7) is 8.57. The lowest BCUT2D eigenvalue weighted by molar-refractivity contribution is -0.150. The molecule has 0 N–H and O–H groups in total. The Kier molecular flexibility index (Phi) is 14.1. The van der Waals surface area contributed by atoms with Crippen molar-refractivity contribution in [2.45, 2.75) is 91.6 Å². The summed E-state index contributed by atoms with van der Waals surface area (Å²) in [6, 6.07) is 0. The van der Waals surface area contributed by atoms with Crippen molar-refractivity contribution in [3.63, 3.8) is 0 Å². The zero-order valence-corrected chi connectivity index (χ0v) is 15.6. The zero-order valence-electron chi connectivity index (χ0n) is 15.6. The average Bonchev–Trinajstić information content (AvgIpc) is 2.52. The molecular weight excluding hydrogens is 292 g/mol. The summed E-state index contributed by atoms with van der Waals surface area (Å²) in [4.78, 5) is 23.8. The van der Waals surface area contributed by atoms with E-state index in [-0.39, 0.29) is 30.4 Å². The lowest BCUT2D eigenvalue weighted by Crippen LogP contribution is -2.35. The first-order valence-electron chi connectivity index (χ1n) is 9.34. The molecule has 0 aliphatic heterocycles. The predicted octanol–water partition coefficient (Wildman–Crippen LogP) is 4.69. The highest BCUT2D eigenvalue weighted by atomic mass is 16.6. The molecule has 136 valence electrons. The Morgan fingerprint density at radius 1 is 0.913 bits per heavy atom. The minimum atomic E-state index is -0.318. The first-order valence-corrected chi connectivity index (χ1v) is 9.34. The molecule has 2 unspecified atom stereocenters. The van der Waals surface area contributed by atoms with Crippen LogP contribution in [0.3, 0.4) is 0 Å². The molecule has 0 aliphatic rings. The maximum atomic E-state index is 12.6. The van der Waals surface area contributed by atoms with Gasteiger partial charge in [-0.15, -0.1) is 0 Å². The van der Waals surface area contributed by atoms with Gasteiger partial charge >= 0.3 is 5.97 Å². The second-order valence-corrected chi connectivity index (χ2v) is 6.24. The first kappa shape index (κ1) is 22.1. The van der Waals surface area contributed by atoms with Crippen molar-refractivity contribution in [1.29, 1.82) is 0 Å². The van der Waals surface area contributed by atoms with Crippen LogP contribution in [0.5, 0.6) is 0 Å². The van der Waals surface area contributed by atoms with Crippen molar-refractivity contribution < 1.29 is 19.1 Å². The third-order valence-corrected chi connectivity index (χ3v) is 4.04. The standard InChI is InChI=1S/C19H36O4/c1-5-8-11-13-18(21)17(12-9-6-2)19(15-23-16(4)20)22-14-10-7-3/h17,19H,5-15H2,1-4H3. The Bertz CT molecular complexity index is 314. The minimum absolute atomic E-state index is 0.150. The Morgan fingerprint density at radius 3 is 2.13 bits per heavy atom. The molecule has 0 heterocycles. The number of ether oxygens (including phenoxy) is 2. The summed E-state index contributed by atoms with van der Waals surface area (Å²) in [6.07, 6.45) is 8.31. The van der Waals surface area contributed by atoms with E-state index in [1.165, 1.54) is 6.92 Å². The van der Waals surface area contributed by atoms with E-state index in [1.807, 2.05) is 0 Å². The number of Topliss-reactive ketones (excluding diaryl/α,β-unsaturated/α-hetero) is 1. The fraction of sp³-hybridized carbons (Fsp3) is 0.895. The molecule has 2 atom stereocenters. The van der Waals surface area contributed by atoms with Crippen molar-refractivity contribution in [1.82, 2.24) is 0 Å². The summed E-state index contributed by atoms with van der Waals surface area (Å²) >= 11 is 0. The fourth-order valence-electron chi connectivity index (χ4n) is 2.57. The molecule has 4 heteroatoms. The van der Waals surface area contributed by atoms with Gasteiger partial charge in [0.2, 0.25) is 0 Å². The molecule has 0 saturated heterocycles. The van der Waals surface area contributed by atoms with Gasteiger partial charge in [0.05, 0.1) is 0 Å². The van der Waals surface area contributed by atoms with Crippen LogP contribution in [-0.4, -0.2) is 31.1 Å². The van der Waals surface area contributed by atoms with Gasteiger partial charge in [-0.05, 0) is 19.3 Å². The third-order valence-electron chi connectivity index (χ3n) is 4.04. The molecule has 0 aliphatic carbocycles. The SMILES string of the molecule is CCCCCC(=O)C(CCCC)C(COC(C)=O)OCCCC. The van der Waals surface area contributed by atoms with Gasteiger partial charge in [0.1, 0.15) is 18.5 Å². The molecule has 0 radical (unpaired) electrons. The summed E-state index contributed by atoms with van der Waals surface area (Å²) in [7, 11) is 0. The van der Waals surface area contributed by atoms with Crippen LogP contribution in [-0.2, 0) is 19.1 Å². The zero-order chi connectivity index (χ0) is 17.5. The number of ketones is 1. The Morgan fingerprint density at radius 2 is 1.57 bits per heavy atom. The van der Waals surface area contributed by atoms with Gasteiger partial charge in [0, 0.05) is 25.9 Å². The predicted molar refractivity (Wildman–Crippen MR) is 93.4 cm³/mol. The van der Waals surface area contributed by atoms with Crippen LogP contribution in [0.1, 0.15) is 85.5 Å². The Balaban J connectivity index is 4.78. The highest BCUT2D eigenvalue weighted by Crippen LogP contribution is 2.21. The maximum absolute atomic E-state index is 12.6. The van der Waals surface area contributed by atoms with Crippen molar-refractivity contribution in [2.24, 2.45) is 5.92 Å². The number of hydrogen-bond acceptors (Lipinski definition) is 4. The van der Waals surface area contributed by atoms with E-state index in [2.05, 4.69) is 20.8 Å². The van der Waals surface area contributed by atoms with E-state index in [9.17, 15) is 9.59 Å². The second kappa shape index (κ2) is 14.7. The smallest absolute Gasteiger partial charge is 0.302 e. The minimum Gasteiger partial charge on any atom is -0.463 e. The summed E-state index contributed by atoms with van der Waals surface area (Å²) < 4.78 is 11.1. The van der Waals surface area contributed by atoms with Gasteiger partial charge in [-0.1, -0.05) is 52.9 Å². The van der Waals surface area contributed by atoms with Crippen LogP contribution in [0.4, 0.5) is 0 Å². The van der Waals surface area contributed by atoms with Gasteiger partial charge in [-0.3, -0.25) is 9.59 Å². The monoisotopic (exact) mass is 328 g/mol. The van der Waals surface area contributed by atoms with Crippen LogP contribution in [0.15, 0.2) is 0 Å². The molecule has 0 saturated carbocycles. The number of unbranched alkanes of at least 4 members (excludes halogenated alkanes) is 4. The quantitative estimate of drug-likeness (QED) is 0.323. The van der Waals surface area contributed by atoms with Crippen molar-refractivity contribution >= 4 is 11.8 Å². The van der Waals surface area contributed by atoms with E-state index < -0.39 is 0 Å². The summed E-state index contributed by atoms with van der Waals surface area (Å²) in [5.41, 5.74) is 0. The molecular formula is C19H36O4. The number of rotatable bonds is 15. The maximum Gasteiger partial charge on any atom is 0.302 e. The molecule has 0 fully saturated rings. The van der Waals surface area contributed by atoms with Crippen LogP contribution in [0.25, 0.3) is 0 Å². The average molecular weight is 328 g/mol. The molecule has 0 spiro atoms. The first-order chi connectivity index (χ1) is 11.1. The van der Waals surface area contributed by atoms with E-state index in [4.69, 9.17) is 9.47 Å². The number of hydrogen-bond donors (Lipinski definition) is 0. The normalized spacial score (nSPS) is 13.6. The number of esters is 1. The molecule has 0 bridgehead atoms. The van der Waals surface area contributed by atoms with Gasteiger partial charge in [-0.25, -0.2) is 0 Å². The van der Waals surface area contributed by atoms with Crippen molar-refractivity contribution in [3.05, 3.63) is 0 Å². The lowest BCUT2D eigenvalue weighted by atomic mass is 9.89. The highest BCUT2D eigenvalue weighted by molar-refractivity contribution is 5.81. The summed E-state index contributed by atoms with van der Waals surface area (Å²) in [5, 5.41) is 0. The number of carbonyl (C=O) groups is 2. The molecule has 0 aromatic heterocycles. The van der Waals surface area contributed by atoms with Crippen LogP contribution in [0, 0.1) is 5.92 Å². The lowest BCUT2D eigenvalue weighted by Gasteiger charge is -2.26. The molecule has 23 heavy (non-hydrogen) atoms. The van der Waals surface area contributed by atoms with Crippen LogP contribution >= 0.6 is 0 Å².